The van der Waals surface area contributed by atoms with Crippen LogP contribution in [0.5, 0.6) is 5.75 Å². The van der Waals surface area contributed by atoms with E-state index in [1.165, 1.54) is 31.4 Å². The Morgan fingerprint density at radius 2 is 1.75 bits per heavy atom. The van der Waals surface area contributed by atoms with E-state index in [2.05, 4.69) is 5.32 Å². The number of esters is 1. The third kappa shape index (κ3) is 5.52. The van der Waals surface area contributed by atoms with Crippen LogP contribution < -0.4 is 10.1 Å². The van der Waals surface area contributed by atoms with E-state index >= 15 is 0 Å². The van der Waals surface area contributed by atoms with Crippen LogP contribution in [-0.2, 0) is 9.53 Å². The molecular weight excluding hydrogens is 392 g/mol. The Hall–Kier alpha value is -3.46. The number of amides is 1. The molecule has 2 aromatic carbocycles. The van der Waals surface area contributed by atoms with E-state index in [9.17, 15) is 24.5 Å². The Morgan fingerprint density at radius 3 is 2.36 bits per heavy atom. The third-order valence-corrected chi connectivity index (χ3v) is 3.89. The third-order valence-electron chi connectivity index (χ3n) is 3.57. The fourth-order valence-corrected chi connectivity index (χ4v) is 2.29. The Bertz CT molecular complexity index is 913. The molecule has 0 bridgehead atoms. The lowest BCUT2D eigenvalue weighted by Gasteiger charge is -2.07. The highest BCUT2D eigenvalue weighted by Crippen LogP contribution is 2.24. The van der Waals surface area contributed by atoms with Crippen molar-refractivity contribution in [3.8, 4) is 5.75 Å². The monoisotopic (exact) mass is 406 g/mol. The summed E-state index contributed by atoms with van der Waals surface area (Å²) in [5.74, 6) is -1.40. The molecule has 0 aliphatic carbocycles. The summed E-state index contributed by atoms with van der Waals surface area (Å²) in [6.45, 7) is -1.00. The highest BCUT2D eigenvalue weighted by atomic mass is 35.5. The summed E-state index contributed by atoms with van der Waals surface area (Å²) in [7, 11) is 1.50. The van der Waals surface area contributed by atoms with Crippen molar-refractivity contribution in [3.05, 3.63) is 68.7 Å². The first-order chi connectivity index (χ1) is 13.3. The van der Waals surface area contributed by atoms with Gasteiger partial charge in [-0.25, -0.2) is 0 Å². The normalized spacial score (nSPS) is 10.1. The quantitative estimate of drug-likeness (QED) is 0.309. The fraction of sp³-hybridized carbons (Fsp3) is 0.167. The van der Waals surface area contributed by atoms with Crippen LogP contribution in [-0.4, -0.2) is 42.8 Å². The average molecular weight is 407 g/mol. The number of nitrogens with one attached hydrogen (secondary N) is 1. The minimum Gasteiger partial charge on any atom is -0.497 e. The molecule has 1 N–H and O–H groups in total. The molecule has 1 amide bonds. The van der Waals surface area contributed by atoms with Crippen molar-refractivity contribution in [3.63, 3.8) is 0 Å². The molecule has 146 valence electrons. The molecule has 9 nitrogen and oxygen atoms in total. The second kappa shape index (κ2) is 9.47. The van der Waals surface area contributed by atoms with Crippen molar-refractivity contribution in [1.29, 1.82) is 0 Å². The molecular formula is C18H15ClN2O7. The van der Waals surface area contributed by atoms with E-state index < -0.39 is 41.4 Å². The van der Waals surface area contributed by atoms with Crippen molar-refractivity contribution in [1.82, 2.24) is 5.32 Å². The van der Waals surface area contributed by atoms with Crippen molar-refractivity contribution < 1.29 is 28.8 Å². The first-order valence-corrected chi connectivity index (χ1v) is 8.24. The molecule has 28 heavy (non-hydrogen) atoms. The summed E-state index contributed by atoms with van der Waals surface area (Å²) in [6, 6.07) is 9.75. The number of ether oxygens (including phenoxy) is 2. The van der Waals surface area contributed by atoms with Gasteiger partial charge in [-0.05, 0) is 36.4 Å². The van der Waals surface area contributed by atoms with Gasteiger partial charge in [0.05, 0.1) is 12.0 Å². The second-order valence-electron chi connectivity index (χ2n) is 5.42. The largest absolute Gasteiger partial charge is 0.497 e. The number of ketones is 1. The summed E-state index contributed by atoms with van der Waals surface area (Å²) in [6.07, 6.45) is 0. The smallest absolute Gasteiger partial charge is 0.325 e. The summed E-state index contributed by atoms with van der Waals surface area (Å²) < 4.78 is 9.80. The molecule has 0 heterocycles. The van der Waals surface area contributed by atoms with Crippen molar-refractivity contribution in [2.24, 2.45) is 0 Å². The van der Waals surface area contributed by atoms with Crippen LogP contribution in [0.15, 0.2) is 42.5 Å². The first kappa shape index (κ1) is 20.8. The lowest BCUT2D eigenvalue weighted by atomic mass is 10.1. The van der Waals surface area contributed by atoms with Crippen LogP contribution in [0.4, 0.5) is 5.69 Å². The van der Waals surface area contributed by atoms with Gasteiger partial charge in [0, 0.05) is 17.2 Å². The van der Waals surface area contributed by atoms with Crippen molar-refractivity contribution in [2.45, 2.75) is 0 Å². The molecule has 0 aromatic heterocycles. The van der Waals surface area contributed by atoms with Crippen molar-refractivity contribution in [2.75, 3.05) is 20.3 Å². The van der Waals surface area contributed by atoms with Gasteiger partial charge in [0.2, 0.25) is 0 Å². The molecule has 0 saturated heterocycles. The van der Waals surface area contributed by atoms with Crippen LogP contribution in [0.2, 0.25) is 5.02 Å². The van der Waals surface area contributed by atoms with E-state index in [1.54, 1.807) is 12.1 Å². The summed E-state index contributed by atoms with van der Waals surface area (Å²) in [4.78, 5) is 45.8. The Balaban J connectivity index is 1.84. The molecule has 2 aromatic rings. The maximum absolute atomic E-state index is 12.0. The zero-order valence-electron chi connectivity index (χ0n) is 14.6. The van der Waals surface area contributed by atoms with Gasteiger partial charge in [-0.2, -0.15) is 0 Å². The number of carbonyl (C=O) groups is 3. The van der Waals surface area contributed by atoms with Crippen LogP contribution in [0.1, 0.15) is 20.7 Å². The molecule has 0 aliphatic rings. The predicted molar refractivity (Wildman–Crippen MR) is 98.7 cm³/mol. The lowest BCUT2D eigenvalue weighted by molar-refractivity contribution is -0.384. The standard InChI is InChI=1S/C18H15ClN2O7/c1-27-13-5-2-11(3-6-13)16(22)10-28-17(23)9-20-18(24)12-4-7-14(19)15(8-12)21(25)26/h2-8H,9-10H2,1H3,(H,20,24). The molecule has 0 atom stereocenters. The number of rotatable bonds is 8. The van der Waals surface area contributed by atoms with Crippen LogP contribution >= 0.6 is 11.6 Å². The van der Waals surface area contributed by atoms with Gasteiger partial charge in [-0.15, -0.1) is 0 Å². The lowest BCUT2D eigenvalue weighted by Crippen LogP contribution is -2.31. The number of hydrogen-bond donors (Lipinski definition) is 1. The summed E-state index contributed by atoms with van der Waals surface area (Å²) >= 11 is 5.68. The minimum absolute atomic E-state index is 0.0433. The van der Waals surface area contributed by atoms with E-state index in [-0.39, 0.29) is 10.6 Å². The molecule has 0 radical (unpaired) electrons. The Kier molecular flexibility index (Phi) is 7.05. The molecule has 0 aliphatic heterocycles. The highest BCUT2D eigenvalue weighted by molar-refractivity contribution is 6.32. The van der Waals surface area contributed by atoms with Gasteiger partial charge >= 0.3 is 5.97 Å². The van der Waals surface area contributed by atoms with Gasteiger partial charge < -0.3 is 14.8 Å². The van der Waals surface area contributed by atoms with E-state index in [0.717, 1.165) is 6.07 Å². The number of hydrogen-bond acceptors (Lipinski definition) is 7. The molecule has 0 fully saturated rings. The fourth-order valence-electron chi connectivity index (χ4n) is 2.11. The summed E-state index contributed by atoms with van der Waals surface area (Å²) in [5, 5.41) is 13.0. The number of Topliss-reactive ketones (excluding diaryl/α,β-unsaturated/α-hetero) is 1. The number of halogens is 1. The maximum Gasteiger partial charge on any atom is 0.325 e. The zero-order valence-corrected chi connectivity index (χ0v) is 15.4. The van der Waals surface area contributed by atoms with Gasteiger partial charge in [0.1, 0.15) is 17.3 Å². The number of nitrogens with zero attached hydrogens (tertiary/aromatic N) is 1. The van der Waals surface area contributed by atoms with E-state index in [1.807, 2.05) is 0 Å². The summed E-state index contributed by atoms with van der Waals surface area (Å²) in [5.41, 5.74) is -0.133. The van der Waals surface area contributed by atoms with Crippen molar-refractivity contribution >= 4 is 34.9 Å². The first-order valence-electron chi connectivity index (χ1n) is 7.87. The number of carbonyl (C=O) groups excluding carboxylic acids is 3. The number of nitro benzene ring substituents is 1. The molecule has 0 spiro atoms. The molecule has 10 heteroatoms. The Morgan fingerprint density at radius 1 is 1.11 bits per heavy atom. The maximum atomic E-state index is 12.0. The van der Waals surface area contributed by atoms with Gasteiger partial charge in [-0.1, -0.05) is 11.6 Å². The average Bonchev–Trinajstić information content (AvgIpc) is 2.70. The Labute approximate surface area is 164 Å². The topological polar surface area (TPSA) is 125 Å². The van der Waals surface area contributed by atoms with Crippen LogP contribution in [0, 0.1) is 10.1 Å². The second-order valence-corrected chi connectivity index (χ2v) is 5.83. The SMILES string of the molecule is COc1ccc(C(=O)COC(=O)CNC(=O)c2ccc(Cl)c([N+](=O)[O-])c2)cc1. The number of benzene rings is 2. The number of methoxy groups -OCH3 is 1. The molecule has 2 rings (SSSR count). The molecule has 0 saturated carbocycles. The van der Waals surface area contributed by atoms with Crippen LogP contribution in [0.25, 0.3) is 0 Å². The highest BCUT2D eigenvalue weighted by Gasteiger charge is 2.17. The predicted octanol–water partition coefficient (Wildman–Crippen LogP) is 2.41. The zero-order chi connectivity index (χ0) is 20.7. The van der Waals surface area contributed by atoms with Gasteiger partial charge in [-0.3, -0.25) is 24.5 Å². The van der Waals surface area contributed by atoms with Gasteiger partial charge in [0.15, 0.2) is 12.4 Å². The number of nitro groups is 1. The van der Waals surface area contributed by atoms with Crippen LogP contribution in [0.3, 0.4) is 0 Å². The van der Waals surface area contributed by atoms with E-state index in [0.29, 0.717) is 11.3 Å². The van der Waals surface area contributed by atoms with E-state index in [4.69, 9.17) is 21.1 Å². The molecule has 0 unspecified atom stereocenters. The minimum atomic E-state index is -0.835. The van der Waals surface area contributed by atoms with Gasteiger partial charge in [0.25, 0.3) is 11.6 Å².